The Labute approximate surface area is 86.7 Å². The maximum atomic E-state index is 11.5. The third kappa shape index (κ3) is 4.23. The van der Waals surface area contributed by atoms with Gasteiger partial charge in [0.05, 0.1) is 0 Å². The van der Waals surface area contributed by atoms with E-state index >= 15 is 0 Å². The smallest absolute Gasteiger partial charge is 0.135 e. The van der Waals surface area contributed by atoms with Crippen molar-refractivity contribution in [1.29, 1.82) is 0 Å². The second kappa shape index (κ2) is 6.99. The molecule has 0 aliphatic heterocycles. The molecule has 0 heterocycles. The van der Waals surface area contributed by atoms with Gasteiger partial charge >= 0.3 is 0 Å². The van der Waals surface area contributed by atoms with Gasteiger partial charge in [-0.3, -0.25) is 4.79 Å². The molecular formula is C12H22O2. The molecule has 0 aromatic rings. The minimum atomic E-state index is 0.308. The Balaban J connectivity index is 2.02. The summed E-state index contributed by atoms with van der Waals surface area (Å²) >= 11 is 0. The number of unbranched alkanes of at least 4 members (excludes halogenated alkanes) is 3. The number of ketones is 1. The normalized spacial score (nSPS) is 22.6. The molecule has 82 valence electrons. The third-order valence-corrected chi connectivity index (χ3v) is 3.14. The topological polar surface area (TPSA) is 37.3 Å². The standard InChI is InChI=1S/C12H22O2/c13-10-6-2-1-3-7-11-8-4-5-9-12(11)14/h11,13H,1-10H2. The van der Waals surface area contributed by atoms with Gasteiger partial charge < -0.3 is 5.11 Å². The van der Waals surface area contributed by atoms with E-state index in [4.69, 9.17) is 5.11 Å². The molecule has 1 N–H and O–H groups in total. The minimum absolute atomic E-state index is 0.308. The van der Waals surface area contributed by atoms with Crippen molar-refractivity contribution >= 4 is 5.78 Å². The van der Waals surface area contributed by atoms with E-state index in [1.54, 1.807) is 0 Å². The highest BCUT2D eigenvalue weighted by atomic mass is 16.2. The predicted octanol–water partition coefficient (Wildman–Crippen LogP) is 2.69. The summed E-state index contributed by atoms with van der Waals surface area (Å²) in [5.74, 6) is 0.872. The number of carbonyl (C=O) groups is 1. The van der Waals surface area contributed by atoms with Gasteiger partial charge in [0.1, 0.15) is 5.78 Å². The lowest BCUT2D eigenvalue weighted by Gasteiger charge is -2.19. The molecule has 1 unspecified atom stereocenters. The van der Waals surface area contributed by atoms with Crippen molar-refractivity contribution in [3.05, 3.63) is 0 Å². The van der Waals surface area contributed by atoms with Crippen LogP contribution in [0.1, 0.15) is 57.8 Å². The summed E-state index contributed by atoms with van der Waals surface area (Å²) < 4.78 is 0. The van der Waals surface area contributed by atoms with E-state index in [9.17, 15) is 4.79 Å². The van der Waals surface area contributed by atoms with E-state index in [2.05, 4.69) is 0 Å². The molecule has 1 aliphatic carbocycles. The van der Waals surface area contributed by atoms with Gasteiger partial charge in [0, 0.05) is 18.9 Å². The van der Waals surface area contributed by atoms with Crippen LogP contribution in [0.4, 0.5) is 0 Å². The van der Waals surface area contributed by atoms with Crippen LogP contribution in [0, 0.1) is 5.92 Å². The molecule has 1 atom stereocenters. The Morgan fingerprint density at radius 3 is 2.64 bits per heavy atom. The van der Waals surface area contributed by atoms with E-state index in [1.807, 2.05) is 0 Å². The number of hydrogen-bond donors (Lipinski definition) is 1. The van der Waals surface area contributed by atoms with Crippen molar-refractivity contribution in [2.75, 3.05) is 6.61 Å². The van der Waals surface area contributed by atoms with Gasteiger partial charge in [-0.1, -0.05) is 25.7 Å². The van der Waals surface area contributed by atoms with Gasteiger partial charge in [0.15, 0.2) is 0 Å². The lowest BCUT2D eigenvalue weighted by molar-refractivity contribution is -0.124. The maximum absolute atomic E-state index is 11.5. The Morgan fingerprint density at radius 1 is 1.14 bits per heavy atom. The SMILES string of the molecule is O=C1CCCCC1CCCCCCO. The first-order chi connectivity index (χ1) is 6.84. The molecule has 0 saturated heterocycles. The predicted molar refractivity (Wildman–Crippen MR) is 57.1 cm³/mol. The van der Waals surface area contributed by atoms with Crippen molar-refractivity contribution in [3.63, 3.8) is 0 Å². The third-order valence-electron chi connectivity index (χ3n) is 3.14. The molecule has 0 aromatic heterocycles. The zero-order valence-corrected chi connectivity index (χ0v) is 9.00. The molecule has 1 saturated carbocycles. The van der Waals surface area contributed by atoms with Crippen molar-refractivity contribution in [2.24, 2.45) is 5.92 Å². The van der Waals surface area contributed by atoms with E-state index in [1.165, 1.54) is 12.8 Å². The van der Waals surface area contributed by atoms with Crippen LogP contribution in [0.3, 0.4) is 0 Å². The fraction of sp³-hybridized carbons (Fsp3) is 0.917. The molecule has 0 radical (unpaired) electrons. The van der Waals surface area contributed by atoms with Crippen molar-refractivity contribution in [2.45, 2.75) is 57.8 Å². The average Bonchev–Trinajstić information content (AvgIpc) is 2.20. The summed E-state index contributed by atoms with van der Waals surface area (Å²) in [5, 5.41) is 8.60. The first kappa shape index (κ1) is 11.7. The number of hydrogen-bond acceptors (Lipinski definition) is 2. The Morgan fingerprint density at radius 2 is 1.93 bits per heavy atom. The molecular weight excluding hydrogens is 176 g/mol. The lowest BCUT2D eigenvalue weighted by atomic mass is 9.84. The van der Waals surface area contributed by atoms with Gasteiger partial charge in [-0.2, -0.15) is 0 Å². The van der Waals surface area contributed by atoms with Crippen LogP contribution < -0.4 is 0 Å². The largest absolute Gasteiger partial charge is 0.396 e. The highest BCUT2D eigenvalue weighted by molar-refractivity contribution is 5.81. The molecule has 0 amide bonds. The Kier molecular flexibility index (Phi) is 5.85. The van der Waals surface area contributed by atoms with Gasteiger partial charge in [-0.25, -0.2) is 0 Å². The number of carbonyl (C=O) groups excluding carboxylic acids is 1. The molecule has 0 bridgehead atoms. The van der Waals surface area contributed by atoms with Gasteiger partial charge in [-0.15, -0.1) is 0 Å². The van der Waals surface area contributed by atoms with Crippen molar-refractivity contribution in [1.82, 2.24) is 0 Å². The van der Waals surface area contributed by atoms with Gasteiger partial charge in [-0.05, 0) is 25.7 Å². The average molecular weight is 198 g/mol. The second-order valence-electron chi connectivity index (χ2n) is 4.34. The van der Waals surface area contributed by atoms with Gasteiger partial charge in [0.25, 0.3) is 0 Å². The monoisotopic (exact) mass is 198 g/mol. The van der Waals surface area contributed by atoms with E-state index in [0.717, 1.165) is 44.9 Å². The molecule has 2 heteroatoms. The fourth-order valence-corrected chi connectivity index (χ4v) is 2.22. The van der Waals surface area contributed by atoms with Crippen LogP contribution in [0.15, 0.2) is 0 Å². The summed E-state index contributed by atoms with van der Waals surface area (Å²) in [6.45, 7) is 0.308. The molecule has 1 rings (SSSR count). The molecule has 0 spiro atoms. The molecule has 0 aromatic carbocycles. The fourth-order valence-electron chi connectivity index (χ4n) is 2.22. The van der Waals surface area contributed by atoms with Crippen LogP contribution in [0.2, 0.25) is 0 Å². The first-order valence-corrected chi connectivity index (χ1v) is 5.98. The summed E-state index contributed by atoms with van der Waals surface area (Å²) in [7, 11) is 0. The van der Waals surface area contributed by atoms with Crippen molar-refractivity contribution in [3.8, 4) is 0 Å². The van der Waals surface area contributed by atoms with Crippen LogP contribution in [-0.4, -0.2) is 17.5 Å². The van der Waals surface area contributed by atoms with E-state index in [-0.39, 0.29) is 0 Å². The number of aliphatic hydroxyl groups is 1. The molecule has 1 fully saturated rings. The molecule has 2 nitrogen and oxygen atoms in total. The summed E-state index contributed by atoms with van der Waals surface area (Å²) in [4.78, 5) is 11.5. The van der Waals surface area contributed by atoms with Gasteiger partial charge in [0.2, 0.25) is 0 Å². The second-order valence-corrected chi connectivity index (χ2v) is 4.34. The zero-order valence-electron chi connectivity index (χ0n) is 9.00. The zero-order chi connectivity index (χ0) is 10.2. The quantitative estimate of drug-likeness (QED) is 0.666. The molecule has 14 heavy (non-hydrogen) atoms. The Hall–Kier alpha value is -0.370. The maximum Gasteiger partial charge on any atom is 0.135 e. The highest BCUT2D eigenvalue weighted by Crippen LogP contribution is 2.25. The van der Waals surface area contributed by atoms with Crippen LogP contribution in [0.25, 0.3) is 0 Å². The van der Waals surface area contributed by atoms with Crippen LogP contribution in [0.5, 0.6) is 0 Å². The number of rotatable bonds is 6. The van der Waals surface area contributed by atoms with E-state index in [0.29, 0.717) is 18.3 Å². The highest BCUT2D eigenvalue weighted by Gasteiger charge is 2.20. The minimum Gasteiger partial charge on any atom is -0.396 e. The lowest BCUT2D eigenvalue weighted by Crippen LogP contribution is -2.18. The van der Waals surface area contributed by atoms with E-state index < -0.39 is 0 Å². The number of aliphatic hydroxyl groups excluding tert-OH is 1. The number of Topliss-reactive ketones (excluding diaryl/α,β-unsaturated/α-hetero) is 1. The summed E-state index contributed by atoms with van der Waals surface area (Å²) in [6, 6.07) is 0. The van der Waals surface area contributed by atoms with Crippen LogP contribution >= 0.6 is 0 Å². The summed E-state index contributed by atoms with van der Waals surface area (Å²) in [5.41, 5.74) is 0. The van der Waals surface area contributed by atoms with Crippen molar-refractivity contribution < 1.29 is 9.90 Å². The summed E-state index contributed by atoms with van der Waals surface area (Å²) in [6.07, 6.45) is 9.74. The molecule has 1 aliphatic rings. The van der Waals surface area contributed by atoms with Crippen LogP contribution in [-0.2, 0) is 4.79 Å². The first-order valence-electron chi connectivity index (χ1n) is 5.98. The Bertz CT molecular complexity index is 166.